The minimum absolute atomic E-state index is 0.104. The summed E-state index contributed by atoms with van der Waals surface area (Å²) in [5, 5.41) is 21.5. The topological polar surface area (TPSA) is 66.8 Å². The fraction of sp³-hybridized carbons (Fsp3) is 0.0455. The van der Waals surface area contributed by atoms with Gasteiger partial charge in [-0.05, 0) is 48.0 Å². The number of hydrogen-bond acceptors (Lipinski definition) is 3. The van der Waals surface area contributed by atoms with E-state index in [0.29, 0.717) is 49.2 Å². The number of aromatic hydroxyl groups is 1. The number of phenols is 1. The summed E-state index contributed by atoms with van der Waals surface area (Å²) in [6, 6.07) is 13.5. The summed E-state index contributed by atoms with van der Waals surface area (Å²) in [5.74, 6) is 0.0788. The number of carboxylic acids is 1. The lowest BCUT2D eigenvalue weighted by Gasteiger charge is -2.24. The van der Waals surface area contributed by atoms with Crippen molar-refractivity contribution in [3.63, 3.8) is 0 Å². The number of fused-ring (bicyclic) bond motifs is 2. The van der Waals surface area contributed by atoms with Crippen LogP contribution >= 0.6 is 11.6 Å². The summed E-state index contributed by atoms with van der Waals surface area (Å²) in [4.78, 5) is 11.8. The van der Waals surface area contributed by atoms with Crippen molar-refractivity contribution in [1.82, 2.24) is 0 Å². The predicted octanol–water partition coefficient (Wildman–Crippen LogP) is 3.82. The van der Waals surface area contributed by atoms with E-state index in [1.807, 2.05) is 0 Å². The standard InChI is InChI=1S/C22H15ClO4/c1-11-9-19-16(10-17(11)23)20(13-5-3-4-6-14(13)22(25)26)15-7-8-18(24)12(2)21(15)27-19/h3-10,24H,1H2,2H3,(H,25,26). The van der Waals surface area contributed by atoms with E-state index in [4.69, 9.17) is 16.3 Å². The minimum atomic E-state index is -1.02. The molecule has 0 saturated heterocycles. The number of carboxylic acid groups (broad SMARTS) is 1. The molecule has 0 amide bonds. The summed E-state index contributed by atoms with van der Waals surface area (Å²) in [5.41, 5.74) is 2.68. The highest BCUT2D eigenvalue weighted by Crippen LogP contribution is 2.41. The van der Waals surface area contributed by atoms with Crippen LogP contribution in [0.2, 0.25) is 5.02 Å². The van der Waals surface area contributed by atoms with Crippen molar-refractivity contribution in [3.05, 3.63) is 86.2 Å². The van der Waals surface area contributed by atoms with Crippen molar-refractivity contribution in [2.75, 3.05) is 0 Å². The Balaban J connectivity index is 2.21. The van der Waals surface area contributed by atoms with Crippen LogP contribution < -0.4 is 15.2 Å². The highest BCUT2D eigenvalue weighted by molar-refractivity contribution is 6.30. The van der Waals surface area contributed by atoms with Crippen LogP contribution in [-0.4, -0.2) is 16.2 Å². The predicted molar refractivity (Wildman–Crippen MR) is 104 cm³/mol. The third-order valence-electron chi connectivity index (χ3n) is 4.70. The highest BCUT2D eigenvalue weighted by atomic mass is 35.5. The van der Waals surface area contributed by atoms with Gasteiger partial charge in [-0.25, -0.2) is 4.79 Å². The van der Waals surface area contributed by atoms with Crippen molar-refractivity contribution in [2.45, 2.75) is 6.92 Å². The molecule has 3 aromatic rings. The van der Waals surface area contributed by atoms with Gasteiger partial charge >= 0.3 is 5.97 Å². The number of hydrogen-bond donors (Lipinski definition) is 2. The van der Waals surface area contributed by atoms with Crippen molar-refractivity contribution >= 4 is 29.7 Å². The molecule has 1 heterocycles. The Hall–Kier alpha value is -3.24. The first-order chi connectivity index (χ1) is 12.9. The van der Waals surface area contributed by atoms with Crippen molar-refractivity contribution in [3.8, 4) is 17.2 Å². The number of rotatable bonds is 2. The normalized spacial score (nSPS) is 12.1. The monoisotopic (exact) mass is 378 g/mol. The van der Waals surface area contributed by atoms with Crippen LogP contribution in [0.15, 0.2) is 48.5 Å². The molecule has 134 valence electrons. The van der Waals surface area contributed by atoms with E-state index in [1.54, 1.807) is 55.5 Å². The van der Waals surface area contributed by atoms with E-state index in [9.17, 15) is 15.0 Å². The average Bonchev–Trinajstić information content (AvgIpc) is 2.64. The Bertz CT molecular complexity index is 1230. The van der Waals surface area contributed by atoms with Crippen LogP contribution in [-0.2, 0) is 0 Å². The first-order valence-electron chi connectivity index (χ1n) is 8.24. The molecule has 2 N–H and O–H groups in total. The Morgan fingerprint density at radius 1 is 1.11 bits per heavy atom. The maximum atomic E-state index is 11.8. The van der Waals surface area contributed by atoms with Gasteiger partial charge in [-0.3, -0.25) is 0 Å². The quantitative estimate of drug-likeness (QED) is 0.556. The van der Waals surface area contributed by atoms with Crippen LogP contribution in [0.3, 0.4) is 0 Å². The molecule has 1 aliphatic rings. The Morgan fingerprint density at radius 2 is 1.85 bits per heavy atom. The second kappa shape index (κ2) is 6.18. The number of ether oxygens (including phenoxy) is 1. The molecule has 5 heteroatoms. The molecule has 0 saturated carbocycles. The molecule has 4 rings (SSSR count). The molecular weight excluding hydrogens is 364 g/mol. The highest BCUT2D eigenvalue weighted by Gasteiger charge is 2.25. The Morgan fingerprint density at radius 3 is 2.59 bits per heavy atom. The molecule has 0 atom stereocenters. The van der Waals surface area contributed by atoms with E-state index in [0.717, 1.165) is 0 Å². The fourth-order valence-electron chi connectivity index (χ4n) is 3.32. The van der Waals surface area contributed by atoms with Crippen molar-refractivity contribution < 1.29 is 19.7 Å². The molecule has 0 radical (unpaired) electrons. The van der Waals surface area contributed by atoms with Crippen LogP contribution in [0.25, 0.3) is 12.2 Å². The lowest BCUT2D eigenvalue weighted by molar-refractivity contribution is 0.0696. The van der Waals surface area contributed by atoms with E-state index < -0.39 is 5.97 Å². The number of halogens is 1. The summed E-state index contributed by atoms with van der Waals surface area (Å²) >= 11 is 6.30. The van der Waals surface area contributed by atoms with Gasteiger partial charge in [0.1, 0.15) is 17.2 Å². The molecule has 0 unspecified atom stereocenters. The fourth-order valence-corrected chi connectivity index (χ4v) is 3.48. The molecule has 1 aliphatic heterocycles. The molecule has 0 fully saturated rings. The van der Waals surface area contributed by atoms with Gasteiger partial charge in [-0.2, -0.15) is 0 Å². The first kappa shape index (κ1) is 17.2. The van der Waals surface area contributed by atoms with Crippen LogP contribution in [0.5, 0.6) is 17.2 Å². The first-order valence-corrected chi connectivity index (χ1v) is 8.62. The molecule has 0 aliphatic carbocycles. The number of aromatic carboxylic acids is 1. The third-order valence-corrected chi connectivity index (χ3v) is 5.06. The second-order valence-electron chi connectivity index (χ2n) is 6.35. The van der Waals surface area contributed by atoms with Gasteiger partial charge < -0.3 is 14.9 Å². The molecule has 4 nitrogen and oxygen atoms in total. The smallest absolute Gasteiger partial charge is 0.336 e. The lowest BCUT2D eigenvalue weighted by Crippen LogP contribution is -2.21. The summed E-state index contributed by atoms with van der Waals surface area (Å²) in [7, 11) is 0. The zero-order valence-corrected chi connectivity index (χ0v) is 15.2. The number of carbonyl (C=O) groups is 1. The third kappa shape index (κ3) is 2.66. The molecule has 0 bridgehead atoms. The van der Waals surface area contributed by atoms with Crippen molar-refractivity contribution in [1.29, 1.82) is 0 Å². The second-order valence-corrected chi connectivity index (χ2v) is 6.76. The summed E-state index contributed by atoms with van der Waals surface area (Å²) in [6.07, 6.45) is 0. The summed E-state index contributed by atoms with van der Waals surface area (Å²) in [6.45, 7) is 5.65. The van der Waals surface area contributed by atoms with Gasteiger partial charge in [0.25, 0.3) is 0 Å². The number of benzene rings is 3. The molecule has 0 aromatic heterocycles. The zero-order valence-electron chi connectivity index (χ0n) is 14.4. The van der Waals surface area contributed by atoms with E-state index in [1.165, 1.54) is 0 Å². The van der Waals surface area contributed by atoms with Gasteiger partial charge in [-0.1, -0.05) is 36.4 Å². The van der Waals surface area contributed by atoms with Crippen LogP contribution in [0, 0.1) is 6.92 Å². The van der Waals surface area contributed by atoms with Crippen LogP contribution in [0.4, 0.5) is 0 Å². The maximum absolute atomic E-state index is 11.8. The van der Waals surface area contributed by atoms with E-state index in [-0.39, 0.29) is 11.3 Å². The van der Waals surface area contributed by atoms with Crippen LogP contribution in [0.1, 0.15) is 27.0 Å². The minimum Gasteiger partial charge on any atom is -0.508 e. The SMILES string of the molecule is C=c1cc2c(cc1Cl)=C(c1ccccc1C(=O)O)c1ccc(O)c(C)c1O2. The molecule has 27 heavy (non-hydrogen) atoms. The van der Waals surface area contributed by atoms with E-state index in [2.05, 4.69) is 6.58 Å². The lowest BCUT2D eigenvalue weighted by atomic mass is 9.88. The maximum Gasteiger partial charge on any atom is 0.336 e. The number of phenolic OH excluding ortho intramolecular Hbond substituents is 1. The van der Waals surface area contributed by atoms with Crippen molar-refractivity contribution in [2.24, 2.45) is 0 Å². The zero-order chi connectivity index (χ0) is 19.3. The Labute approximate surface area is 160 Å². The van der Waals surface area contributed by atoms with Gasteiger partial charge in [0, 0.05) is 26.9 Å². The molecule has 3 aromatic carbocycles. The summed E-state index contributed by atoms with van der Waals surface area (Å²) < 4.78 is 6.05. The van der Waals surface area contributed by atoms with Gasteiger partial charge in [0.15, 0.2) is 0 Å². The Kier molecular flexibility index (Phi) is 3.93. The average molecular weight is 379 g/mol. The van der Waals surface area contributed by atoms with Gasteiger partial charge in [0.2, 0.25) is 0 Å². The molecule has 0 spiro atoms. The largest absolute Gasteiger partial charge is 0.508 e. The van der Waals surface area contributed by atoms with Gasteiger partial charge in [0.05, 0.1) is 5.56 Å². The van der Waals surface area contributed by atoms with Gasteiger partial charge in [-0.15, -0.1) is 0 Å². The van der Waals surface area contributed by atoms with E-state index >= 15 is 0 Å². The molecular formula is C22H15ClO4.